The summed E-state index contributed by atoms with van der Waals surface area (Å²) in [6.07, 6.45) is 0. The van der Waals surface area contributed by atoms with E-state index in [-0.39, 0.29) is 0 Å². The molecule has 0 bridgehead atoms. The van der Waals surface area contributed by atoms with Crippen LogP contribution in [0.1, 0.15) is 0 Å². The Morgan fingerprint density at radius 2 is 0.793 bits per heavy atom. The Bertz CT molecular complexity index is 712. The predicted octanol–water partition coefficient (Wildman–Crippen LogP) is 3.32. The average Bonchev–Trinajstić information content (AvgIpc) is 2.66. The molecule has 0 radical (unpaired) electrons. The molecule has 10 nitrogen and oxygen atoms in total. The molecule has 0 aliphatic carbocycles. The number of carbonyl (C=O) groups is 3. The zero-order valence-electron chi connectivity index (χ0n) is 14.6. The lowest BCUT2D eigenvalue weighted by atomic mass is 10.5. The van der Waals surface area contributed by atoms with Gasteiger partial charge in [-0.1, -0.05) is 69.6 Å². The number of rotatable bonds is 9. The summed E-state index contributed by atoms with van der Waals surface area (Å²) in [5.74, 6) is -6.15. The summed E-state index contributed by atoms with van der Waals surface area (Å²) < 4.78 is 25.3. The van der Waals surface area contributed by atoms with Crippen LogP contribution in [0, 0.1) is 0 Å². The Hall–Kier alpha value is -1.000. The number of carbonyl (C=O) groups excluding carboxylic acids is 3. The second kappa shape index (κ2) is 12.6. The molecule has 164 valence electrons. The van der Waals surface area contributed by atoms with E-state index in [1.807, 2.05) is 0 Å². The molecule has 0 atom stereocenters. The number of halogens is 6. The largest absolute Gasteiger partial charge is 0.647 e. The van der Waals surface area contributed by atoms with Gasteiger partial charge in [0.1, 0.15) is 0 Å². The van der Waals surface area contributed by atoms with Gasteiger partial charge in [0.05, 0.1) is 0 Å². The molecule has 0 rings (SSSR count). The number of hydrogen-bond acceptors (Lipinski definition) is 7. The van der Waals surface area contributed by atoms with Gasteiger partial charge in [0.15, 0.2) is 13.5 Å². The maximum absolute atomic E-state index is 13.2. The van der Waals surface area contributed by atoms with Crippen LogP contribution in [0.15, 0.2) is 30.8 Å². The first-order chi connectivity index (χ1) is 13.3. The van der Waals surface area contributed by atoms with Crippen molar-refractivity contribution in [3.63, 3.8) is 0 Å². The average molecular weight is 554 g/mol. The summed E-state index contributed by atoms with van der Waals surface area (Å²) in [6, 6.07) is 0. The van der Waals surface area contributed by atoms with Crippen molar-refractivity contribution in [3.05, 3.63) is 30.8 Å². The SMILES string of the molecule is CNC(=O)C(OP(=O)(OC(C(=O)NC)=C(Cl)Cl)OC(C(=O)NC)=C(Cl)Cl)=C(Cl)Cl. The summed E-state index contributed by atoms with van der Waals surface area (Å²) in [5.41, 5.74) is 0. The number of nitrogens with one attached hydrogen (secondary N) is 3. The van der Waals surface area contributed by atoms with Crippen molar-refractivity contribution >= 4 is 95.1 Å². The molecule has 0 fully saturated rings. The zero-order chi connectivity index (χ0) is 22.9. The summed E-state index contributed by atoms with van der Waals surface area (Å²) in [6.45, 7) is 0. The van der Waals surface area contributed by atoms with Crippen LogP contribution in [-0.2, 0) is 32.5 Å². The van der Waals surface area contributed by atoms with Gasteiger partial charge < -0.3 is 29.5 Å². The van der Waals surface area contributed by atoms with Crippen molar-refractivity contribution < 1.29 is 32.5 Å². The normalized spacial score (nSPS) is 10.1. The molecular weight excluding hydrogens is 542 g/mol. The third kappa shape index (κ3) is 8.72. The lowest BCUT2D eigenvalue weighted by Crippen LogP contribution is -2.26. The molecule has 0 aromatic heterocycles. The Morgan fingerprint density at radius 1 is 0.586 bits per heavy atom. The quantitative estimate of drug-likeness (QED) is 0.227. The predicted molar refractivity (Wildman–Crippen MR) is 109 cm³/mol. The topological polar surface area (TPSA) is 132 Å². The molecule has 0 saturated carbocycles. The summed E-state index contributed by atoms with van der Waals surface area (Å²) in [4.78, 5) is 35.6. The van der Waals surface area contributed by atoms with E-state index in [0.29, 0.717) is 0 Å². The van der Waals surface area contributed by atoms with Gasteiger partial charge in [0.25, 0.3) is 17.7 Å². The number of likely N-dealkylation sites (N-methyl/N-ethyl adjacent to an activating group) is 3. The second-order valence-electron chi connectivity index (χ2n) is 4.23. The van der Waals surface area contributed by atoms with E-state index in [9.17, 15) is 18.9 Å². The lowest BCUT2D eigenvalue weighted by Gasteiger charge is -2.21. The molecule has 3 amide bonds. The Kier molecular flexibility index (Phi) is 12.2. The minimum absolute atomic E-state index is 0.818. The fourth-order valence-electron chi connectivity index (χ4n) is 1.22. The Labute approximate surface area is 195 Å². The third-order valence-electron chi connectivity index (χ3n) is 2.42. The van der Waals surface area contributed by atoms with Crippen LogP contribution in [0.3, 0.4) is 0 Å². The van der Waals surface area contributed by atoms with Gasteiger partial charge in [-0.25, -0.2) is 0 Å². The standard InChI is InChI=1S/C12H12Cl6N3O7P/c1-19-10(22)4(7(13)14)26-29(25,27-5(8(15)16)11(23)20-2)28-6(9(17)18)12(24)21-3/h1-3H3,(H,19,22)(H,20,23)(H,21,24). The van der Waals surface area contributed by atoms with E-state index in [1.165, 1.54) is 0 Å². The van der Waals surface area contributed by atoms with E-state index < -0.39 is 56.3 Å². The van der Waals surface area contributed by atoms with Crippen LogP contribution < -0.4 is 16.0 Å². The Morgan fingerprint density at radius 3 is 0.931 bits per heavy atom. The lowest BCUT2D eigenvalue weighted by molar-refractivity contribution is -0.119. The van der Waals surface area contributed by atoms with Gasteiger partial charge >= 0.3 is 7.82 Å². The smallest absolute Gasteiger partial charge is 0.377 e. The highest BCUT2D eigenvalue weighted by Gasteiger charge is 2.42. The van der Waals surface area contributed by atoms with Crippen LogP contribution in [0.5, 0.6) is 0 Å². The van der Waals surface area contributed by atoms with Gasteiger partial charge in [-0.15, -0.1) is 0 Å². The fraction of sp³-hybridized carbons (Fsp3) is 0.250. The minimum atomic E-state index is -5.21. The van der Waals surface area contributed by atoms with Gasteiger partial charge in [-0.3, -0.25) is 14.4 Å². The molecule has 3 N–H and O–H groups in total. The highest BCUT2D eigenvalue weighted by Crippen LogP contribution is 2.56. The Balaban J connectivity index is 6.49. The first-order valence-corrected chi connectivity index (χ1v) is 10.6. The van der Waals surface area contributed by atoms with Gasteiger partial charge in [-0.05, 0) is 0 Å². The van der Waals surface area contributed by atoms with Crippen LogP contribution in [0.4, 0.5) is 0 Å². The van der Waals surface area contributed by atoms with Crippen molar-refractivity contribution in [1.29, 1.82) is 0 Å². The second-order valence-corrected chi connectivity index (χ2v) is 8.52. The molecule has 0 aliphatic heterocycles. The van der Waals surface area contributed by atoms with Gasteiger partial charge in [0, 0.05) is 21.1 Å². The molecule has 29 heavy (non-hydrogen) atoms. The molecule has 17 heteroatoms. The molecule has 0 unspecified atom stereocenters. The van der Waals surface area contributed by atoms with Gasteiger partial charge in [0.2, 0.25) is 17.3 Å². The minimum Gasteiger partial charge on any atom is -0.377 e. The molecule has 0 aliphatic rings. The van der Waals surface area contributed by atoms with Crippen molar-refractivity contribution in [2.45, 2.75) is 0 Å². The van der Waals surface area contributed by atoms with E-state index in [0.717, 1.165) is 21.1 Å². The molecule has 0 aromatic carbocycles. The van der Waals surface area contributed by atoms with E-state index in [1.54, 1.807) is 0 Å². The van der Waals surface area contributed by atoms with Crippen molar-refractivity contribution in [3.8, 4) is 0 Å². The number of phosphoric acid groups is 1. The summed E-state index contributed by atoms with van der Waals surface area (Å²) in [7, 11) is -1.74. The summed E-state index contributed by atoms with van der Waals surface area (Å²) >= 11 is 33.2. The van der Waals surface area contributed by atoms with Crippen LogP contribution >= 0.6 is 77.4 Å². The van der Waals surface area contributed by atoms with E-state index >= 15 is 0 Å². The molecular formula is C12H12Cl6N3O7P. The van der Waals surface area contributed by atoms with E-state index in [2.05, 4.69) is 16.0 Å². The maximum Gasteiger partial charge on any atom is 0.647 e. The van der Waals surface area contributed by atoms with Crippen molar-refractivity contribution in [2.24, 2.45) is 0 Å². The first kappa shape index (κ1) is 28.0. The summed E-state index contributed by atoms with van der Waals surface area (Å²) in [5, 5.41) is 6.24. The van der Waals surface area contributed by atoms with E-state index in [4.69, 9.17) is 83.2 Å². The van der Waals surface area contributed by atoms with Crippen molar-refractivity contribution in [1.82, 2.24) is 16.0 Å². The van der Waals surface area contributed by atoms with Crippen molar-refractivity contribution in [2.75, 3.05) is 21.1 Å². The number of hydrogen-bond donors (Lipinski definition) is 3. The van der Waals surface area contributed by atoms with Gasteiger partial charge in [-0.2, -0.15) is 4.57 Å². The maximum atomic E-state index is 13.2. The highest BCUT2D eigenvalue weighted by molar-refractivity contribution is 7.49. The van der Waals surface area contributed by atoms with Crippen LogP contribution in [-0.4, -0.2) is 38.9 Å². The molecule has 0 saturated heterocycles. The van der Waals surface area contributed by atoms with Crippen LogP contribution in [0.25, 0.3) is 0 Å². The fourth-order valence-corrected chi connectivity index (χ4v) is 3.59. The number of amides is 3. The first-order valence-electron chi connectivity index (χ1n) is 6.84. The third-order valence-corrected chi connectivity index (χ3v) is 4.67. The van der Waals surface area contributed by atoms with Crippen LogP contribution in [0.2, 0.25) is 0 Å². The zero-order valence-corrected chi connectivity index (χ0v) is 20.0. The molecule has 0 spiro atoms. The molecule has 0 heterocycles. The highest BCUT2D eigenvalue weighted by atomic mass is 35.5. The monoisotopic (exact) mass is 551 g/mol. The molecule has 0 aromatic rings. The number of phosphoric ester groups is 1.